The number of carbonyl (C=O) groups excluding carboxylic acids is 1. The molecule has 21 heavy (non-hydrogen) atoms. The van der Waals surface area contributed by atoms with E-state index in [-0.39, 0.29) is 11.9 Å². The van der Waals surface area contributed by atoms with Crippen molar-refractivity contribution in [3.8, 4) is 0 Å². The highest BCUT2D eigenvalue weighted by Crippen LogP contribution is 2.40. The number of hydrogen-bond donors (Lipinski definition) is 1. The maximum absolute atomic E-state index is 12.4. The van der Waals surface area contributed by atoms with E-state index in [1.54, 1.807) is 6.20 Å². The SMILES string of the molecule is Cc1ccnc([C@@H](NC(=O)[C@@H]2CN(C)CCO2)C2CC2)n1. The van der Waals surface area contributed by atoms with Crippen LogP contribution in [0, 0.1) is 12.8 Å². The topological polar surface area (TPSA) is 67.4 Å². The minimum atomic E-state index is -0.394. The zero-order chi connectivity index (χ0) is 14.8. The average molecular weight is 290 g/mol. The molecule has 2 fully saturated rings. The number of rotatable bonds is 4. The molecular formula is C15H22N4O2. The molecule has 1 amide bonds. The molecule has 0 unspecified atom stereocenters. The third-order valence-corrected chi connectivity index (χ3v) is 4.04. The monoisotopic (exact) mass is 290 g/mol. The van der Waals surface area contributed by atoms with Crippen LogP contribution in [0.15, 0.2) is 12.3 Å². The Balaban J connectivity index is 1.69. The fraction of sp³-hybridized carbons (Fsp3) is 0.667. The van der Waals surface area contributed by atoms with Crippen molar-refractivity contribution in [3.63, 3.8) is 0 Å². The molecule has 0 spiro atoms. The van der Waals surface area contributed by atoms with Crippen LogP contribution in [0.1, 0.15) is 30.4 Å². The zero-order valence-corrected chi connectivity index (χ0v) is 12.6. The Morgan fingerprint density at radius 3 is 3.00 bits per heavy atom. The molecule has 1 N–H and O–H groups in total. The van der Waals surface area contributed by atoms with Crippen LogP contribution in [0.2, 0.25) is 0 Å². The zero-order valence-electron chi connectivity index (χ0n) is 12.6. The summed E-state index contributed by atoms with van der Waals surface area (Å²) < 4.78 is 5.58. The Labute approximate surface area is 124 Å². The van der Waals surface area contributed by atoms with Crippen LogP contribution in [0.4, 0.5) is 0 Å². The number of nitrogens with one attached hydrogen (secondary N) is 1. The van der Waals surface area contributed by atoms with E-state index in [2.05, 4.69) is 20.2 Å². The molecule has 0 aromatic carbocycles. The normalized spacial score (nSPS) is 24.6. The van der Waals surface area contributed by atoms with Crippen LogP contribution in [0.5, 0.6) is 0 Å². The molecule has 6 heteroatoms. The summed E-state index contributed by atoms with van der Waals surface area (Å²) in [5.41, 5.74) is 0.925. The van der Waals surface area contributed by atoms with Gasteiger partial charge in [0, 0.05) is 25.0 Å². The molecule has 2 atom stereocenters. The summed E-state index contributed by atoms with van der Waals surface area (Å²) in [6, 6.07) is 1.78. The molecule has 6 nitrogen and oxygen atoms in total. The number of aromatic nitrogens is 2. The second-order valence-corrected chi connectivity index (χ2v) is 6.00. The molecular weight excluding hydrogens is 268 g/mol. The van der Waals surface area contributed by atoms with Gasteiger partial charge < -0.3 is 15.0 Å². The van der Waals surface area contributed by atoms with E-state index in [1.807, 2.05) is 20.0 Å². The summed E-state index contributed by atoms with van der Waals surface area (Å²) in [6.07, 6.45) is 3.60. The summed E-state index contributed by atoms with van der Waals surface area (Å²) in [5, 5.41) is 3.10. The van der Waals surface area contributed by atoms with Gasteiger partial charge in [-0.05, 0) is 38.8 Å². The fourth-order valence-corrected chi connectivity index (χ4v) is 2.62. The van der Waals surface area contributed by atoms with Gasteiger partial charge in [-0.2, -0.15) is 0 Å². The highest BCUT2D eigenvalue weighted by molar-refractivity contribution is 5.81. The molecule has 2 heterocycles. The number of likely N-dealkylation sites (N-methyl/N-ethyl adjacent to an activating group) is 1. The molecule has 1 aromatic rings. The standard InChI is InChI=1S/C15H22N4O2/c1-10-5-6-16-14(17-10)13(11-3-4-11)18-15(20)12-9-19(2)7-8-21-12/h5-6,11-13H,3-4,7-9H2,1-2H3,(H,18,20)/t12-,13-/m0/s1. The summed E-state index contributed by atoms with van der Waals surface area (Å²) >= 11 is 0. The first-order valence-corrected chi connectivity index (χ1v) is 7.53. The van der Waals surface area contributed by atoms with Crippen LogP contribution in [0.3, 0.4) is 0 Å². The molecule has 0 radical (unpaired) electrons. The van der Waals surface area contributed by atoms with Gasteiger partial charge in [0.1, 0.15) is 6.10 Å². The Morgan fingerprint density at radius 1 is 1.52 bits per heavy atom. The number of hydrogen-bond acceptors (Lipinski definition) is 5. The fourth-order valence-electron chi connectivity index (χ4n) is 2.62. The van der Waals surface area contributed by atoms with Crippen molar-refractivity contribution in [2.45, 2.75) is 31.9 Å². The van der Waals surface area contributed by atoms with Crippen LogP contribution in [0.25, 0.3) is 0 Å². The Hall–Kier alpha value is -1.53. The Kier molecular flexibility index (Phi) is 4.17. The molecule has 3 rings (SSSR count). The first-order valence-electron chi connectivity index (χ1n) is 7.53. The van der Waals surface area contributed by atoms with E-state index >= 15 is 0 Å². The van der Waals surface area contributed by atoms with Crippen LogP contribution >= 0.6 is 0 Å². The highest BCUT2D eigenvalue weighted by atomic mass is 16.5. The van der Waals surface area contributed by atoms with Gasteiger partial charge in [0.2, 0.25) is 0 Å². The van der Waals surface area contributed by atoms with E-state index < -0.39 is 6.10 Å². The first-order chi connectivity index (χ1) is 10.1. The first kappa shape index (κ1) is 14.4. The number of morpholine rings is 1. The van der Waals surface area contributed by atoms with Crippen molar-refractivity contribution >= 4 is 5.91 Å². The summed E-state index contributed by atoms with van der Waals surface area (Å²) in [5.74, 6) is 1.12. The lowest BCUT2D eigenvalue weighted by Gasteiger charge is -2.30. The van der Waals surface area contributed by atoms with E-state index in [9.17, 15) is 4.79 Å². The van der Waals surface area contributed by atoms with Crippen LogP contribution in [-0.4, -0.2) is 53.6 Å². The quantitative estimate of drug-likeness (QED) is 0.883. The third-order valence-electron chi connectivity index (χ3n) is 4.04. The smallest absolute Gasteiger partial charge is 0.251 e. The van der Waals surface area contributed by atoms with Gasteiger partial charge in [-0.25, -0.2) is 9.97 Å². The molecule has 0 bridgehead atoms. The molecule has 1 saturated heterocycles. The summed E-state index contributed by atoms with van der Waals surface area (Å²) in [7, 11) is 2.00. The molecule has 1 aliphatic heterocycles. The highest BCUT2D eigenvalue weighted by Gasteiger charge is 2.37. The summed E-state index contributed by atoms with van der Waals surface area (Å²) in [4.78, 5) is 23.3. The molecule has 1 saturated carbocycles. The van der Waals surface area contributed by atoms with E-state index in [0.717, 1.165) is 30.9 Å². The maximum atomic E-state index is 12.4. The number of carbonyl (C=O) groups is 1. The van der Waals surface area contributed by atoms with Gasteiger partial charge in [-0.3, -0.25) is 4.79 Å². The van der Waals surface area contributed by atoms with E-state index in [4.69, 9.17) is 4.74 Å². The molecule has 2 aliphatic rings. The Bertz CT molecular complexity index is 518. The van der Waals surface area contributed by atoms with Gasteiger partial charge >= 0.3 is 0 Å². The lowest BCUT2D eigenvalue weighted by Crippen LogP contribution is -2.49. The van der Waals surface area contributed by atoms with Crippen LogP contribution < -0.4 is 5.32 Å². The van der Waals surface area contributed by atoms with Gasteiger partial charge in [-0.1, -0.05) is 0 Å². The average Bonchev–Trinajstić information content (AvgIpc) is 3.29. The second kappa shape index (κ2) is 6.07. The molecule has 1 aromatic heterocycles. The van der Waals surface area contributed by atoms with Crippen molar-refractivity contribution in [3.05, 3.63) is 23.8 Å². The Morgan fingerprint density at radius 2 is 2.33 bits per heavy atom. The largest absolute Gasteiger partial charge is 0.366 e. The lowest BCUT2D eigenvalue weighted by atomic mass is 10.1. The van der Waals surface area contributed by atoms with Gasteiger partial charge in [0.15, 0.2) is 5.82 Å². The maximum Gasteiger partial charge on any atom is 0.251 e. The van der Waals surface area contributed by atoms with Crippen molar-refractivity contribution < 1.29 is 9.53 Å². The molecule has 1 aliphatic carbocycles. The van der Waals surface area contributed by atoms with E-state index in [0.29, 0.717) is 19.1 Å². The van der Waals surface area contributed by atoms with Crippen molar-refractivity contribution in [1.82, 2.24) is 20.2 Å². The minimum Gasteiger partial charge on any atom is -0.366 e. The van der Waals surface area contributed by atoms with Gasteiger partial charge in [0.05, 0.1) is 12.6 Å². The van der Waals surface area contributed by atoms with Gasteiger partial charge in [0.25, 0.3) is 5.91 Å². The lowest BCUT2D eigenvalue weighted by molar-refractivity contribution is -0.138. The second-order valence-electron chi connectivity index (χ2n) is 6.00. The predicted molar refractivity (Wildman–Crippen MR) is 77.6 cm³/mol. The van der Waals surface area contributed by atoms with Crippen molar-refractivity contribution in [2.75, 3.05) is 26.7 Å². The predicted octanol–water partition coefficient (Wildman–Crippen LogP) is 0.683. The third kappa shape index (κ3) is 3.57. The summed E-state index contributed by atoms with van der Waals surface area (Å²) in [6.45, 7) is 4.05. The number of ether oxygens (including phenoxy) is 1. The number of nitrogens with zero attached hydrogens (tertiary/aromatic N) is 3. The number of amides is 1. The van der Waals surface area contributed by atoms with Crippen molar-refractivity contribution in [2.24, 2.45) is 5.92 Å². The molecule has 114 valence electrons. The van der Waals surface area contributed by atoms with Gasteiger partial charge in [-0.15, -0.1) is 0 Å². The minimum absolute atomic E-state index is 0.0523. The van der Waals surface area contributed by atoms with Crippen molar-refractivity contribution in [1.29, 1.82) is 0 Å². The van der Waals surface area contributed by atoms with E-state index in [1.165, 1.54) is 0 Å². The van der Waals surface area contributed by atoms with Crippen LogP contribution in [-0.2, 0) is 9.53 Å². The number of aryl methyl sites for hydroxylation is 1.